The van der Waals surface area contributed by atoms with Gasteiger partial charge in [-0.15, -0.1) is 0 Å². The second kappa shape index (κ2) is 10.7. The standard InChI is InChI=1S/C21H22N6O5/c1-3-31-19-15(7-5-9-22-19)18(29)24-12-17(28)26-14-11-25-27(13-14)21(30)16-8-6-10-23-20(16)32-4-2/h5-11,13H,3-4,12H2,1-2H3,(H,24,29)(H,26,28). The summed E-state index contributed by atoms with van der Waals surface area (Å²) in [6.07, 6.45) is 5.71. The highest BCUT2D eigenvalue weighted by atomic mass is 16.5. The zero-order chi connectivity index (χ0) is 22.9. The lowest BCUT2D eigenvalue weighted by atomic mass is 10.2. The van der Waals surface area contributed by atoms with Crippen molar-refractivity contribution in [3.63, 3.8) is 0 Å². The molecule has 2 amide bonds. The Hall–Kier alpha value is -4.28. The van der Waals surface area contributed by atoms with Crippen molar-refractivity contribution < 1.29 is 23.9 Å². The van der Waals surface area contributed by atoms with Crippen molar-refractivity contribution in [3.05, 3.63) is 60.2 Å². The first-order valence-corrected chi connectivity index (χ1v) is 9.86. The molecule has 0 aliphatic heterocycles. The Balaban J connectivity index is 1.59. The van der Waals surface area contributed by atoms with E-state index in [0.717, 1.165) is 4.68 Å². The Morgan fingerprint density at radius 2 is 1.59 bits per heavy atom. The number of nitrogens with zero attached hydrogens (tertiary/aromatic N) is 4. The number of pyridine rings is 2. The van der Waals surface area contributed by atoms with Gasteiger partial charge >= 0.3 is 0 Å². The van der Waals surface area contributed by atoms with Crippen LogP contribution in [0.4, 0.5) is 5.69 Å². The van der Waals surface area contributed by atoms with Crippen LogP contribution in [0.5, 0.6) is 11.8 Å². The summed E-state index contributed by atoms with van der Waals surface area (Å²) in [4.78, 5) is 45.3. The van der Waals surface area contributed by atoms with E-state index in [9.17, 15) is 14.4 Å². The molecule has 3 aromatic rings. The van der Waals surface area contributed by atoms with E-state index in [0.29, 0.717) is 13.2 Å². The van der Waals surface area contributed by atoms with E-state index in [1.807, 2.05) is 0 Å². The summed E-state index contributed by atoms with van der Waals surface area (Å²) in [5, 5.41) is 9.06. The Morgan fingerprint density at radius 3 is 2.25 bits per heavy atom. The van der Waals surface area contributed by atoms with E-state index in [2.05, 4.69) is 25.7 Å². The number of rotatable bonds is 9. The third-order valence-electron chi connectivity index (χ3n) is 4.06. The van der Waals surface area contributed by atoms with Gasteiger partial charge in [-0.25, -0.2) is 14.6 Å². The van der Waals surface area contributed by atoms with Crippen molar-refractivity contribution in [2.45, 2.75) is 13.8 Å². The molecule has 3 rings (SSSR count). The van der Waals surface area contributed by atoms with Gasteiger partial charge in [-0.2, -0.15) is 5.10 Å². The summed E-state index contributed by atoms with van der Waals surface area (Å²) in [6, 6.07) is 6.34. The molecule has 0 saturated heterocycles. The Bertz CT molecular complexity index is 1110. The lowest BCUT2D eigenvalue weighted by Gasteiger charge is -2.09. The van der Waals surface area contributed by atoms with E-state index in [4.69, 9.17) is 9.47 Å². The molecule has 0 bridgehead atoms. The Labute approximate surface area is 183 Å². The van der Waals surface area contributed by atoms with E-state index in [1.165, 1.54) is 24.8 Å². The molecule has 11 heteroatoms. The number of nitrogens with one attached hydrogen (secondary N) is 2. The summed E-state index contributed by atoms with van der Waals surface area (Å²) in [5.41, 5.74) is 0.752. The van der Waals surface area contributed by atoms with Gasteiger partial charge in [0, 0.05) is 12.4 Å². The Morgan fingerprint density at radius 1 is 0.969 bits per heavy atom. The van der Waals surface area contributed by atoms with E-state index >= 15 is 0 Å². The predicted molar refractivity (Wildman–Crippen MR) is 114 cm³/mol. The van der Waals surface area contributed by atoms with Crippen LogP contribution in [0, 0.1) is 0 Å². The number of ether oxygens (including phenoxy) is 2. The third kappa shape index (κ3) is 5.45. The molecular weight excluding hydrogens is 416 g/mol. The number of hydrogen-bond acceptors (Lipinski definition) is 8. The normalized spacial score (nSPS) is 10.3. The fourth-order valence-corrected chi connectivity index (χ4v) is 2.70. The van der Waals surface area contributed by atoms with Crippen LogP contribution in [0.2, 0.25) is 0 Å². The van der Waals surface area contributed by atoms with Crippen LogP contribution in [0.3, 0.4) is 0 Å². The minimum atomic E-state index is -0.498. The minimum absolute atomic E-state index is 0.189. The number of carbonyl (C=O) groups is 3. The molecule has 0 aromatic carbocycles. The first-order valence-electron chi connectivity index (χ1n) is 9.86. The van der Waals surface area contributed by atoms with Gasteiger partial charge in [0.2, 0.25) is 17.7 Å². The van der Waals surface area contributed by atoms with Gasteiger partial charge in [0.15, 0.2) is 0 Å². The van der Waals surface area contributed by atoms with E-state index in [1.54, 1.807) is 38.1 Å². The highest BCUT2D eigenvalue weighted by Crippen LogP contribution is 2.17. The molecule has 0 aliphatic rings. The van der Waals surface area contributed by atoms with Crippen LogP contribution in [0.25, 0.3) is 0 Å². The summed E-state index contributed by atoms with van der Waals surface area (Å²) in [7, 11) is 0. The maximum Gasteiger partial charge on any atom is 0.283 e. The average molecular weight is 438 g/mol. The second-order valence-electron chi connectivity index (χ2n) is 6.29. The van der Waals surface area contributed by atoms with Crippen molar-refractivity contribution in [3.8, 4) is 11.8 Å². The van der Waals surface area contributed by atoms with Crippen LogP contribution in [-0.2, 0) is 4.79 Å². The van der Waals surface area contributed by atoms with Gasteiger partial charge in [0.05, 0.1) is 37.8 Å². The molecule has 0 unspecified atom stereocenters. The number of amides is 2. The fraction of sp³-hybridized carbons (Fsp3) is 0.238. The van der Waals surface area contributed by atoms with Crippen LogP contribution in [0.15, 0.2) is 49.1 Å². The van der Waals surface area contributed by atoms with Gasteiger partial charge in [0.25, 0.3) is 11.8 Å². The largest absolute Gasteiger partial charge is 0.477 e. The van der Waals surface area contributed by atoms with Crippen molar-refractivity contribution >= 4 is 23.4 Å². The maximum atomic E-state index is 12.7. The molecule has 0 spiro atoms. The predicted octanol–water partition coefficient (Wildman–Crippen LogP) is 1.53. The van der Waals surface area contributed by atoms with Crippen LogP contribution >= 0.6 is 0 Å². The maximum absolute atomic E-state index is 12.7. The zero-order valence-corrected chi connectivity index (χ0v) is 17.6. The van der Waals surface area contributed by atoms with Crippen molar-refractivity contribution in [1.82, 2.24) is 25.1 Å². The summed E-state index contributed by atoms with van der Waals surface area (Å²) in [5.74, 6) is -1.07. The van der Waals surface area contributed by atoms with Gasteiger partial charge in [-0.3, -0.25) is 14.4 Å². The summed E-state index contributed by atoms with van der Waals surface area (Å²) in [6.45, 7) is 3.98. The minimum Gasteiger partial charge on any atom is -0.477 e. The van der Waals surface area contributed by atoms with E-state index in [-0.39, 0.29) is 35.1 Å². The summed E-state index contributed by atoms with van der Waals surface area (Å²) < 4.78 is 11.8. The third-order valence-corrected chi connectivity index (χ3v) is 4.06. The molecule has 3 heterocycles. The van der Waals surface area contributed by atoms with Crippen LogP contribution in [-0.4, -0.2) is 57.2 Å². The average Bonchev–Trinajstić information content (AvgIpc) is 3.26. The zero-order valence-electron chi connectivity index (χ0n) is 17.6. The smallest absolute Gasteiger partial charge is 0.283 e. The molecule has 3 aromatic heterocycles. The topological polar surface area (TPSA) is 137 Å². The number of anilines is 1. The number of aromatic nitrogens is 4. The van der Waals surface area contributed by atoms with Gasteiger partial charge in [-0.1, -0.05) is 0 Å². The highest BCUT2D eigenvalue weighted by molar-refractivity contribution is 6.01. The van der Waals surface area contributed by atoms with Gasteiger partial charge in [0.1, 0.15) is 11.1 Å². The van der Waals surface area contributed by atoms with Crippen molar-refractivity contribution in [2.75, 3.05) is 25.1 Å². The molecular formula is C21H22N6O5. The number of hydrogen-bond donors (Lipinski definition) is 2. The van der Waals surface area contributed by atoms with Crippen LogP contribution < -0.4 is 20.1 Å². The molecule has 11 nitrogen and oxygen atoms in total. The molecule has 0 fully saturated rings. The molecule has 0 saturated carbocycles. The SMILES string of the molecule is CCOc1ncccc1C(=O)NCC(=O)Nc1cnn(C(=O)c2cccnc2OCC)c1. The van der Waals surface area contributed by atoms with Crippen LogP contribution in [0.1, 0.15) is 34.6 Å². The summed E-state index contributed by atoms with van der Waals surface area (Å²) >= 11 is 0. The molecule has 2 N–H and O–H groups in total. The van der Waals surface area contributed by atoms with Crippen molar-refractivity contribution in [1.29, 1.82) is 0 Å². The molecule has 32 heavy (non-hydrogen) atoms. The monoisotopic (exact) mass is 438 g/mol. The second-order valence-corrected chi connectivity index (χ2v) is 6.29. The van der Waals surface area contributed by atoms with Gasteiger partial charge in [-0.05, 0) is 38.1 Å². The first kappa shape index (κ1) is 22.4. The lowest BCUT2D eigenvalue weighted by Crippen LogP contribution is -2.33. The molecule has 0 aliphatic carbocycles. The Kier molecular flexibility index (Phi) is 7.46. The quantitative estimate of drug-likeness (QED) is 0.513. The van der Waals surface area contributed by atoms with E-state index < -0.39 is 17.7 Å². The molecule has 166 valence electrons. The van der Waals surface area contributed by atoms with Gasteiger partial charge < -0.3 is 20.1 Å². The first-order chi connectivity index (χ1) is 15.5. The van der Waals surface area contributed by atoms with Crippen molar-refractivity contribution in [2.24, 2.45) is 0 Å². The highest BCUT2D eigenvalue weighted by Gasteiger charge is 2.18. The number of carbonyl (C=O) groups excluding carboxylic acids is 3. The molecule has 0 radical (unpaired) electrons. The molecule has 0 atom stereocenters. The fourth-order valence-electron chi connectivity index (χ4n) is 2.70. The lowest BCUT2D eigenvalue weighted by molar-refractivity contribution is -0.115.